The van der Waals surface area contributed by atoms with Gasteiger partial charge in [0.15, 0.2) is 11.3 Å². The first-order chi connectivity index (χ1) is 11.3. The van der Waals surface area contributed by atoms with Crippen LogP contribution in [0.25, 0.3) is 0 Å². The molecule has 1 saturated heterocycles. The Morgan fingerprint density at radius 3 is 2.71 bits per heavy atom. The number of nitrogens with one attached hydrogen (secondary N) is 1. The van der Waals surface area contributed by atoms with Gasteiger partial charge in [-0.05, 0) is 18.2 Å². The number of amides is 5. The zero-order valence-electron chi connectivity index (χ0n) is 12.2. The number of nitrogens with two attached hydrogens (primary N) is 1. The van der Waals surface area contributed by atoms with Crippen LogP contribution in [0, 0.1) is 5.82 Å². The highest BCUT2D eigenvalue weighted by Crippen LogP contribution is 2.41. The van der Waals surface area contributed by atoms with Crippen molar-refractivity contribution in [1.29, 1.82) is 0 Å². The predicted molar refractivity (Wildman–Crippen MR) is 73.8 cm³/mol. The van der Waals surface area contributed by atoms with E-state index in [1.165, 1.54) is 6.07 Å². The first kappa shape index (κ1) is 15.5. The number of primary amides is 1. The van der Waals surface area contributed by atoms with Crippen LogP contribution in [0.15, 0.2) is 30.0 Å². The Labute approximate surface area is 133 Å². The van der Waals surface area contributed by atoms with Gasteiger partial charge in [-0.25, -0.2) is 14.0 Å². The number of ether oxygens (including phenoxy) is 2. The van der Waals surface area contributed by atoms with E-state index in [0.29, 0.717) is 0 Å². The number of benzene rings is 1. The quantitative estimate of drug-likeness (QED) is 0.701. The fourth-order valence-electron chi connectivity index (χ4n) is 2.53. The molecule has 0 radical (unpaired) electrons. The van der Waals surface area contributed by atoms with Crippen LogP contribution in [0.3, 0.4) is 0 Å². The van der Waals surface area contributed by atoms with Crippen LogP contribution < -0.4 is 15.8 Å². The number of hydrogen-bond donors (Lipinski definition) is 2. The minimum atomic E-state index is -2.01. The molecule has 3 N–H and O–H groups in total. The summed E-state index contributed by atoms with van der Waals surface area (Å²) < 4.78 is 23.2. The summed E-state index contributed by atoms with van der Waals surface area (Å²) in [5, 5.41) is 2.26. The maximum Gasteiger partial charge on any atom is 0.424 e. The van der Waals surface area contributed by atoms with E-state index < -0.39 is 41.1 Å². The van der Waals surface area contributed by atoms with Crippen molar-refractivity contribution in [3.63, 3.8) is 0 Å². The second-order valence-electron chi connectivity index (χ2n) is 4.96. The van der Waals surface area contributed by atoms with Crippen LogP contribution in [0.5, 0.6) is 5.75 Å². The Bertz CT molecular complexity index is 836. The average molecular weight is 335 g/mol. The molecule has 24 heavy (non-hydrogen) atoms. The van der Waals surface area contributed by atoms with Crippen molar-refractivity contribution in [3.8, 4) is 5.75 Å². The van der Waals surface area contributed by atoms with Gasteiger partial charge >= 0.3 is 12.1 Å². The summed E-state index contributed by atoms with van der Waals surface area (Å²) >= 11 is 0. The topological polar surface area (TPSA) is 128 Å². The van der Waals surface area contributed by atoms with Crippen molar-refractivity contribution in [1.82, 2.24) is 10.2 Å². The number of carbonyl (C=O) groups excluding carboxylic acids is 4. The number of urea groups is 1. The lowest BCUT2D eigenvalue weighted by atomic mass is 9.86. The highest BCUT2D eigenvalue weighted by atomic mass is 19.1. The summed E-state index contributed by atoms with van der Waals surface area (Å²) in [4.78, 5) is 48.1. The van der Waals surface area contributed by atoms with E-state index in [-0.39, 0.29) is 16.2 Å². The van der Waals surface area contributed by atoms with Crippen LogP contribution in [0.2, 0.25) is 0 Å². The monoisotopic (exact) mass is 335 g/mol. The molecule has 1 aromatic rings. The molecule has 5 amide bonds. The summed E-state index contributed by atoms with van der Waals surface area (Å²) in [6.45, 7) is 0. The number of nitrogens with zero attached hydrogens (tertiary/aromatic N) is 1. The van der Waals surface area contributed by atoms with Crippen molar-refractivity contribution in [2.45, 2.75) is 5.54 Å². The summed E-state index contributed by atoms with van der Waals surface area (Å²) in [5.74, 6) is -3.30. The zero-order chi connectivity index (χ0) is 17.6. The third-order valence-electron chi connectivity index (χ3n) is 3.58. The van der Waals surface area contributed by atoms with E-state index in [9.17, 15) is 23.6 Å². The van der Waals surface area contributed by atoms with Gasteiger partial charge in [0, 0.05) is 11.6 Å². The molecule has 0 bridgehead atoms. The highest BCUT2D eigenvalue weighted by Gasteiger charge is 2.57. The highest BCUT2D eigenvalue weighted by molar-refractivity contribution is 6.18. The summed E-state index contributed by atoms with van der Waals surface area (Å²) in [5.41, 5.74) is 3.08. The Morgan fingerprint density at radius 2 is 2.08 bits per heavy atom. The Morgan fingerprint density at radius 1 is 1.38 bits per heavy atom. The number of methoxy groups -OCH3 is 1. The van der Waals surface area contributed by atoms with Gasteiger partial charge in [0.2, 0.25) is 0 Å². The zero-order valence-corrected chi connectivity index (χ0v) is 12.2. The molecule has 0 aliphatic carbocycles. The van der Waals surface area contributed by atoms with Gasteiger partial charge in [-0.15, -0.1) is 0 Å². The van der Waals surface area contributed by atoms with Gasteiger partial charge in [0.25, 0.3) is 11.8 Å². The molecule has 1 aromatic carbocycles. The summed E-state index contributed by atoms with van der Waals surface area (Å²) in [6, 6.07) is 2.06. The van der Waals surface area contributed by atoms with E-state index >= 15 is 0 Å². The molecule has 1 spiro atoms. The molecule has 9 nitrogen and oxygen atoms in total. The van der Waals surface area contributed by atoms with E-state index in [0.717, 1.165) is 25.3 Å². The first-order valence-electron chi connectivity index (χ1n) is 6.55. The molecule has 3 rings (SSSR count). The van der Waals surface area contributed by atoms with Gasteiger partial charge in [0.05, 0.1) is 7.11 Å². The summed E-state index contributed by atoms with van der Waals surface area (Å²) in [7, 11) is 0.982. The maximum atomic E-state index is 13.6. The standard InChI is InChI=1S/C14H10FN3O6/c1-23-13(22)18-11(20)14(17-12(18)21)5-9(10(16)19)24-8-3-2-6(15)4-7(8)14/h2-5H,1H3,(H2,16,19)(H,17,21). The number of carbonyl (C=O) groups is 4. The fourth-order valence-corrected chi connectivity index (χ4v) is 2.53. The van der Waals surface area contributed by atoms with Crippen molar-refractivity contribution < 1.29 is 33.0 Å². The van der Waals surface area contributed by atoms with Gasteiger partial charge < -0.3 is 20.5 Å². The minimum absolute atomic E-state index is 0.0620. The van der Waals surface area contributed by atoms with Gasteiger partial charge in [-0.3, -0.25) is 9.59 Å². The smallest absolute Gasteiger partial charge is 0.424 e. The number of halogens is 1. The second kappa shape index (κ2) is 5.05. The fraction of sp³-hybridized carbons (Fsp3) is 0.143. The molecular weight excluding hydrogens is 325 g/mol. The molecule has 1 fully saturated rings. The number of rotatable bonds is 1. The lowest BCUT2D eigenvalue weighted by Gasteiger charge is -2.30. The molecule has 2 aliphatic rings. The SMILES string of the molecule is COC(=O)N1C(=O)NC2(C=C(C(N)=O)Oc3ccc(F)cc32)C1=O. The largest absolute Gasteiger partial charge is 0.452 e. The second-order valence-corrected chi connectivity index (χ2v) is 4.96. The van der Waals surface area contributed by atoms with Crippen molar-refractivity contribution in [2.75, 3.05) is 7.11 Å². The normalized spacial score (nSPS) is 21.8. The van der Waals surface area contributed by atoms with Crippen LogP contribution >= 0.6 is 0 Å². The van der Waals surface area contributed by atoms with Crippen LogP contribution in [0.1, 0.15) is 5.56 Å². The average Bonchev–Trinajstić information content (AvgIpc) is 2.78. The van der Waals surface area contributed by atoms with Gasteiger partial charge in [0.1, 0.15) is 11.6 Å². The molecule has 1 atom stereocenters. The Balaban J connectivity index is 2.23. The summed E-state index contributed by atoms with van der Waals surface area (Å²) in [6.07, 6.45) is -0.298. The van der Waals surface area contributed by atoms with Crippen molar-refractivity contribution in [3.05, 3.63) is 41.4 Å². The molecule has 1 unspecified atom stereocenters. The van der Waals surface area contributed by atoms with E-state index in [1.54, 1.807) is 0 Å². The van der Waals surface area contributed by atoms with Crippen LogP contribution in [-0.4, -0.2) is 35.9 Å². The number of imide groups is 3. The molecule has 2 aliphatic heterocycles. The maximum absolute atomic E-state index is 13.6. The Hall–Kier alpha value is -3.43. The van der Waals surface area contributed by atoms with Gasteiger partial charge in [-0.1, -0.05) is 0 Å². The van der Waals surface area contributed by atoms with Crippen molar-refractivity contribution >= 4 is 23.9 Å². The van der Waals surface area contributed by atoms with Crippen LogP contribution in [-0.2, 0) is 19.9 Å². The lowest BCUT2D eigenvalue weighted by molar-refractivity contribution is -0.129. The number of hydrogen-bond acceptors (Lipinski definition) is 6. The van der Waals surface area contributed by atoms with E-state index in [1.807, 2.05) is 0 Å². The third kappa shape index (κ3) is 2.00. The minimum Gasteiger partial charge on any atom is -0.452 e. The molecular formula is C14H10FN3O6. The first-order valence-corrected chi connectivity index (χ1v) is 6.55. The third-order valence-corrected chi connectivity index (χ3v) is 3.58. The molecule has 10 heteroatoms. The predicted octanol–water partition coefficient (Wildman–Crippen LogP) is 0.101. The van der Waals surface area contributed by atoms with Crippen molar-refractivity contribution in [2.24, 2.45) is 5.73 Å². The molecule has 0 aromatic heterocycles. The van der Waals surface area contributed by atoms with E-state index in [4.69, 9.17) is 10.5 Å². The van der Waals surface area contributed by atoms with E-state index in [2.05, 4.69) is 10.1 Å². The van der Waals surface area contributed by atoms with Gasteiger partial charge in [-0.2, -0.15) is 4.90 Å². The molecule has 0 saturated carbocycles. The lowest BCUT2D eigenvalue weighted by Crippen LogP contribution is -2.46. The Kier molecular flexibility index (Phi) is 3.25. The molecule has 2 heterocycles. The van der Waals surface area contributed by atoms with Crippen LogP contribution in [0.4, 0.5) is 14.0 Å². The number of fused-ring (bicyclic) bond motifs is 2. The molecule has 124 valence electrons.